The number of hydrogen-bond acceptors (Lipinski definition) is 1. The Hall–Kier alpha value is -4.56. The van der Waals surface area contributed by atoms with Crippen LogP contribution in [0.3, 0.4) is 0 Å². The summed E-state index contributed by atoms with van der Waals surface area (Å²) in [5.74, 6) is 0. The van der Waals surface area contributed by atoms with Gasteiger partial charge in [-0.2, -0.15) is 0 Å². The third-order valence-electron chi connectivity index (χ3n) is 6.34. The maximum absolute atomic E-state index is 3.83. The molecule has 0 unspecified atom stereocenters. The molecule has 0 bridgehead atoms. The second kappa shape index (κ2) is 8.42. The van der Waals surface area contributed by atoms with Gasteiger partial charge in [0.2, 0.25) is 0 Å². The van der Waals surface area contributed by atoms with Crippen LogP contribution < -0.4 is 5.32 Å². The van der Waals surface area contributed by atoms with E-state index in [0.29, 0.717) is 0 Å². The van der Waals surface area contributed by atoms with Gasteiger partial charge in [-0.3, -0.25) is 0 Å². The van der Waals surface area contributed by atoms with Crippen molar-refractivity contribution in [2.45, 2.75) is 0 Å². The molecule has 1 aromatic heterocycles. The van der Waals surface area contributed by atoms with Gasteiger partial charge in [-0.05, 0) is 59.2 Å². The van der Waals surface area contributed by atoms with E-state index in [-0.39, 0.29) is 0 Å². The van der Waals surface area contributed by atoms with E-state index in [1.54, 1.807) is 0 Å². The van der Waals surface area contributed by atoms with Crippen LogP contribution in [0.2, 0.25) is 0 Å². The van der Waals surface area contributed by atoms with E-state index in [4.69, 9.17) is 0 Å². The van der Waals surface area contributed by atoms with Crippen LogP contribution in [0.5, 0.6) is 0 Å². The van der Waals surface area contributed by atoms with Crippen LogP contribution in [0.4, 0.5) is 11.4 Å². The molecular formula is C32H24N2. The second-order valence-electron chi connectivity index (χ2n) is 8.45. The Morgan fingerprint density at radius 2 is 1.18 bits per heavy atom. The van der Waals surface area contributed by atoms with Crippen molar-refractivity contribution in [1.29, 1.82) is 0 Å². The largest absolute Gasteiger partial charge is 0.355 e. The van der Waals surface area contributed by atoms with Gasteiger partial charge in [-0.25, -0.2) is 0 Å². The van der Waals surface area contributed by atoms with Crippen molar-refractivity contribution >= 4 is 39.3 Å². The summed E-state index contributed by atoms with van der Waals surface area (Å²) in [7, 11) is 0. The van der Waals surface area contributed by atoms with E-state index in [2.05, 4.69) is 138 Å². The number of hydrogen-bond donors (Lipinski definition) is 1. The van der Waals surface area contributed by atoms with Gasteiger partial charge in [0.15, 0.2) is 0 Å². The number of rotatable bonds is 5. The van der Waals surface area contributed by atoms with Crippen molar-refractivity contribution in [3.8, 4) is 16.8 Å². The molecule has 1 heterocycles. The highest BCUT2D eigenvalue weighted by atomic mass is 15.0. The van der Waals surface area contributed by atoms with Crippen molar-refractivity contribution in [3.63, 3.8) is 0 Å². The predicted octanol–water partition coefficient (Wildman–Crippen LogP) is 8.84. The van der Waals surface area contributed by atoms with Crippen molar-refractivity contribution in [2.75, 3.05) is 5.32 Å². The van der Waals surface area contributed by atoms with Gasteiger partial charge < -0.3 is 9.88 Å². The molecule has 0 saturated carbocycles. The lowest BCUT2D eigenvalue weighted by Crippen LogP contribution is -1.94. The van der Waals surface area contributed by atoms with E-state index in [9.17, 15) is 0 Å². The van der Waals surface area contributed by atoms with Gasteiger partial charge in [0.25, 0.3) is 0 Å². The van der Waals surface area contributed by atoms with E-state index < -0.39 is 0 Å². The number of aromatic nitrogens is 1. The fraction of sp³-hybridized carbons (Fsp3) is 0. The quantitative estimate of drug-likeness (QED) is 0.286. The molecule has 162 valence electrons. The first-order chi connectivity index (χ1) is 16.8. The normalized spacial score (nSPS) is 11.1. The minimum Gasteiger partial charge on any atom is -0.355 e. The third-order valence-corrected chi connectivity index (χ3v) is 6.34. The second-order valence-corrected chi connectivity index (χ2v) is 8.45. The van der Waals surface area contributed by atoms with Crippen molar-refractivity contribution in [1.82, 2.24) is 4.57 Å². The molecule has 0 fully saturated rings. The van der Waals surface area contributed by atoms with E-state index in [1.807, 2.05) is 6.08 Å². The Morgan fingerprint density at radius 1 is 0.559 bits per heavy atom. The van der Waals surface area contributed by atoms with Crippen LogP contribution in [0, 0.1) is 0 Å². The monoisotopic (exact) mass is 436 g/mol. The molecule has 0 amide bonds. The van der Waals surface area contributed by atoms with E-state index >= 15 is 0 Å². The molecule has 0 aliphatic carbocycles. The third kappa shape index (κ3) is 3.56. The first-order valence-corrected chi connectivity index (χ1v) is 11.5. The standard InChI is InChI=1S/C32H24N2/c1-2-23-12-14-24(15-13-23)25-16-18-26(19-17-25)33-27-20-21-30-29-10-6-7-11-31(29)34(32(30)22-27)28-8-4-3-5-9-28/h2-22,33H,1H2. The zero-order chi connectivity index (χ0) is 22.9. The fourth-order valence-electron chi connectivity index (χ4n) is 4.63. The number of anilines is 2. The molecule has 0 atom stereocenters. The van der Waals surface area contributed by atoms with Gasteiger partial charge in [0, 0.05) is 27.8 Å². The van der Waals surface area contributed by atoms with Crippen LogP contribution in [-0.2, 0) is 0 Å². The molecule has 0 radical (unpaired) electrons. The topological polar surface area (TPSA) is 17.0 Å². The summed E-state index contributed by atoms with van der Waals surface area (Å²) in [5, 5.41) is 6.11. The average molecular weight is 437 g/mol. The molecule has 1 N–H and O–H groups in total. The number of nitrogens with zero attached hydrogens (tertiary/aromatic N) is 1. The van der Waals surface area contributed by atoms with Crippen molar-refractivity contribution in [2.24, 2.45) is 0 Å². The maximum Gasteiger partial charge on any atom is 0.0561 e. The average Bonchev–Trinajstić information content (AvgIpc) is 3.23. The number of nitrogens with one attached hydrogen (secondary N) is 1. The lowest BCUT2D eigenvalue weighted by Gasteiger charge is -2.11. The zero-order valence-electron chi connectivity index (χ0n) is 18.8. The number of fused-ring (bicyclic) bond motifs is 3. The Labute approximate surface area is 199 Å². The summed E-state index contributed by atoms with van der Waals surface area (Å²) in [4.78, 5) is 0. The molecule has 0 aliphatic heterocycles. The molecule has 5 aromatic carbocycles. The van der Waals surface area contributed by atoms with Crippen molar-refractivity contribution in [3.05, 3.63) is 133 Å². The lowest BCUT2D eigenvalue weighted by atomic mass is 10.0. The lowest BCUT2D eigenvalue weighted by molar-refractivity contribution is 1.18. The molecule has 0 aliphatic rings. The molecule has 6 rings (SSSR count). The van der Waals surface area contributed by atoms with Crippen LogP contribution in [-0.4, -0.2) is 4.57 Å². The minimum absolute atomic E-state index is 1.06. The summed E-state index contributed by atoms with van der Waals surface area (Å²) in [6.45, 7) is 3.83. The van der Waals surface area contributed by atoms with Crippen LogP contribution in [0.1, 0.15) is 5.56 Å². The molecule has 0 spiro atoms. The summed E-state index contributed by atoms with van der Waals surface area (Å²) < 4.78 is 2.34. The highest BCUT2D eigenvalue weighted by molar-refractivity contribution is 6.10. The molecule has 34 heavy (non-hydrogen) atoms. The Morgan fingerprint density at radius 3 is 1.91 bits per heavy atom. The van der Waals surface area contributed by atoms with E-state index in [1.165, 1.54) is 32.9 Å². The molecule has 6 aromatic rings. The van der Waals surface area contributed by atoms with Gasteiger partial charge in [0.1, 0.15) is 0 Å². The SMILES string of the molecule is C=Cc1ccc(-c2ccc(Nc3ccc4c5ccccc5n(-c5ccccc5)c4c3)cc2)cc1. The van der Waals surface area contributed by atoms with Gasteiger partial charge in [0.05, 0.1) is 11.0 Å². The first-order valence-electron chi connectivity index (χ1n) is 11.5. The smallest absolute Gasteiger partial charge is 0.0561 e. The Bertz CT molecular complexity index is 1610. The van der Waals surface area contributed by atoms with Crippen molar-refractivity contribution < 1.29 is 0 Å². The summed E-state index contributed by atoms with van der Waals surface area (Å²) in [6.07, 6.45) is 1.87. The minimum atomic E-state index is 1.06. The van der Waals surface area contributed by atoms with Gasteiger partial charge in [-0.15, -0.1) is 0 Å². The first kappa shape index (κ1) is 20.1. The summed E-state index contributed by atoms with van der Waals surface area (Å²) in [6, 6.07) is 42.8. The van der Waals surface area contributed by atoms with E-state index in [0.717, 1.165) is 22.6 Å². The molecule has 0 saturated heterocycles. The fourth-order valence-corrected chi connectivity index (χ4v) is 4.63. The van der Waals surface area contributed by atoms with Crippen LogP contribution >= 0.6 is 0 Å². The number of benzene rings is 5. The van der Waals surface area contributed by atoms with Crippen LogP contribution in [0.15, 0.2) is 128 Å². The highest BCUT2D eigenvalue weighted by Gasteiger charge is 2.12. The molecular weight excluding hydrogens is 412 g/mol. The van der Waals surface area contributed by atoms with Gasteiger partial charge >= 0.3 is 0 Å². The summed E-state index contributed by atoms with van der Waals surface area (Å²) >= 11 is 0. The Balaban J connectivity index is 1.37. The molecule has 2 nitrogen and oxygen atoms in total. The Kier molecular flexibility index (Phi) is 4.97. The molecule has 2 heteroatoms. The maximum atomic E-state index is 3.83. The summed E-state index contributed by atoms with van der Waals surface area (Å²) in [5.41, 5.74) is 9.22. The van der Waals surface area contributed by atoms with Gasteiger partial charge in [-0.1, -0.05) is 91.5 Å². The number of para-hydroxylation sites is 2. The highest BCUT2D eigenvalue weighted by Crippen LogP contribution is 2.34. The zero-order valence-corrected chi connectivity index (χ0v) is 18.8. The predicted molar refractivity (Wildman–Crippen MR) is 146 cm³/mol. The van der Waals surface area contributed by atoms with Crippen LogP contribution in [0.25, 0.3) is 44.7 Å².